The molecule has 2 N–H and O–H groups in total. The maximum absolute atomic E-state index is 12.0. The minimum atomic E-state index is -0.811. The van der Waals surface area contributed by atoms with Gasteiger partial charge in [-0.3, -0.25) is 9.59 Å². The minimum absolute atomic E-state index is 0.0232. The molecule has 0 bridgehead atoms. The Morgan fingerprint density at radius 3 is 2.48 bits per heavy atom. The Morgan fingerprint density at radius 1 is 1.04 bits per heavy atom. The predicted octanol–water partition coefficient (Wildman–Crippen LogP) is 4.17. The maximum Gasteiger partial charge on any atom is 0.303 e. The second-order valence-corrected chi connectivity index (χ2v) is 6.31. The van der Waals surface area contributed by atoms with E-state index in [0.29, 0.717) is 19.4 Å². The summed E-state index contributed by atoms with van der Waals surface area (Å²) in [6.07, 6.45) is 6.67. The van der Waals surface area contributed by atoms with E-state index in [2.05, 4.69) is 12.2 Å². The van der Waals surface area contributed by atoms with Crippen LogP contribution in [0.1, 0.15) is 64.7 Å². The number of carbonyl (C=O) groups excluding carboxylic acids is 1. The summed E-state index contributed by atoms with van der Waals surface area (Å²) in [4.78, 5) is 22.7. The van der Waals surface area contributed by atoms with E-state index in [1.54, 1.807) is 0 Å². The summed E-state index contributed by atoms with van der Waals surface area (Å²) in [7, 11) is 0. The highest BCUT2D eigenvalue weighted by atomic mass is 16.5. The van der Waals surface area contributed by atoms with Crippen LogP contribution < -0.4 is 10.1 Å². The lowest BCUT2D eigenvalue weighted by Gasteiger charge is -2.17. The van der Waals surface area contributed by atoms with Gasteiger partial charge in [0.2, 0.25) is 5.91 Å². The number of amides is 1. The van der Waals surface area contributed by atoms with Gasteiger partial charge in [0.05, 0.1) is 6.61 Å². The number of rotatable bonds is 14. The Morgan fingerprint density at radius 2 is 1.80 bits per heavy atom. The molecule has 0 aliphatic heterocycles. The molecule has 0 unspecified atom stereocenters. The van der Waals surface area contributed by atoms with Crippen molar-refractivity contribution in [3.8, 4) is 5.75 Å². The molecule has 0 saturated heterocycles. The number of nitrogens with one attached hydrogen (secondary N) is 1. The summed E-state index contributed by atoms with van der Waals surface area (Å²) in [5.74, 6) is 0.0853. The first-order valence-electron chi connectivity index (χ1n) is 9.30. The van der Waals surface area contributed by atoms with Gasteiger partial charge in [0.25, 0.3) is 0 Å². The van der Waals surface area contributed by atoms with Gasteiger partial charge in [-0.15, -0.1) is 0 Å². The number of carboxylic acids is 1. The molecule has 0 saturated carbocycles. The van der Waals surface area contributed by atoms with Crippen LogP contribution in [0.25, 0.3) is 0 Å². The maximum atomic E-state index is 12.0. The summed E-state index contributed by atoms with van der Waals surface area (Å²) in [6, 6.07) is 9.68. The van der Waals surface area contributed by atoms with E-state index in [1.807, 2.05) is 30.3 Å². The molecule has 1 aromatic carbocycles. The fourth-order valence-electron chi connectivity index (χ4n) is 2.61. The van der Waals surface area contributed by atoms with Gasteiger partial charge in [0, 0.05) is 18.9 Å². The van der Waals surface area contributed by atoms with Gasteiger partial charge in [-0.1, -0.05) is 38.0 Å². The van der Waals surface area contributed by atoms with E-state index >= 15 is 0 Å². The number of aliphatic carboxylic acids is 1. The smallest absolute Gasteiger partial charge is 0.303 e. The van der Waals surface area contributed by atoms with Gasteiger partial charge >= 0.3 is 5.97 Å². The summed E-state index contributed by atoms with van der Waals surface area (Å²) >= 11 is 0. The minimum Gasteiger partial charge on any atom is -0.494 e. The average Bonchev–Trinajstić information content (AvgIpc) is 2.61. The van der Waals surface area contributed by atoms with Gasteiger partial charge in [-0.25, -0.2) is 0 Å². The van der Waals surface area contributed by atoms with Gasteiger partial charge in [-0.05, 0) is 44.2 Å². The van der Waals surface area contributed by atoms with E-state index in [4.69, 9.17) is 9.84 Å². The molecule has 0 spiro atoms. The molecule has 1 amide bonds. The number of para-hydroxylation sites is 1. The van der Waals surface area contributed by atoms with Crippen LogP contribution in [0.15, 0.2) is 30.3 Å². The molecule has 5 nitrogen and oxygen atoms in total. The Bertz CT molecular complexity index is 490. The number of benzene rings is 1. The molecule has 140 valence electrons. The molecule has 0 aliphatic rings. The number of carboxylic acid groups (broad SMARTS) is 1. The molecule has 1 rings (SSSR count). The van der Waals surface area contributed by atoms with Crippen molar-refractivity contribution in [2.75, 3.05) is 6.61 Å². The average molecular weight is 349 g/mol. The Balaban J connectivity index is 2.13. The summed E-state index contributed by atoms with van der Waals surface area (Å²) in [6.45, 7) is 2.75. The molecule has 25 heavy (non-hydrogen) atoms. The lowest BCUT2D eigenvalue weighted by Crippen LogP contribution is -2.35. The number of ether oxygens (including phenoxy) is 1. The first kappa shape index (κ1) is 21.0. The highest BCUT2D eigenvalue weighted by Crippen LogP contribution is 2.11. The molecule has 0 aromatic heterocycles. The van der Waals surface area contributed by atoms with Crippen molar-refractivity contribution in [2.45, 2.75) is 70.8 Å². The standard InChI is InChI=1S/C20H31NO4/c1-2-3-10-17(14-15-20(23)24)21-19(22)13-8-5-9-16-25-18-11-6-4-7-12-18/h4,6-7,11-12,17H,2-3,5,8-10,13-16H2,1H3,(H,21,22)(H,23,24)/t17-/m1/s1. The van der Waals surface area contributed by atoms with Crippen LogP contribution in [-0.4, -0.2) is 29.6 Å². The van der Waals surface area contributed by atoms with E-state index in [-0.39, 0.29) is 18.4 Å². The zero-order valence-electron chi connectivity index (χ0n) is 15.2. The van der Waals surface area contributed by atoms with Crippen molar-refractivity contribution >= 4 is 11.9 Å². The largest absolute Gasteiger partial charge is 0.494 e. The van der Waals surface area contributed by atoms with E-state index in [9.17, 15) is 9.59 Å². The van der Waals surface area contributed by atoms with E-state index < -0.39 is 5.97 Å². The zero-order chi connectivity index (χ0) is 18.3. The van der Waals surface area contributed by atoms with Crippen LogP contribution >= 0.6 is 0 Å². The fraction of sp³-hybridized carbons (Fsp3) is 0.600. The SMILES string of the molecule is CCCC[C@H](CCC(=O)O)NC(=O)CCCCCOc1ccccc1. The molecule has 0 fully saturated rings. The lowest BCUT2D eigenvalue weighted by molar-refractivity contribution is -0.137. The van der Waals surface area contributed by atoms with Crippen LogP contribution in [0.4, 0.5) is 0 Å². The Labute approximate surface area is 150 Å². The van der Waals surface area contributed by atoms with Crippen molar-refractivity contribution < 1.29 is 19.4 Å². The van der Waals surface area contributed by atoms with Gasteiger partial charge in [-0.2, -0.15) is 0 Å². The second-order valence-electron chi connectivity index (χ2n) is 6.31. The highest BCUT2D eigenvalue weighted by Gasteiger charge is 2.13. The van der Waals surface area contributed by atoms with Gasteiger partial charge < -0.3 is 15.2 Å². The summed E-state index contributed by atoms with van der Waals surface area (Å²) in [5.41, 5.74) is 0. The third-order valence-corrected chi connectivity index (χ3v) is 4.04. The first-order chi connectivity index (χ1) is 12.1. The summed E-state index contributed by atoms with van der Waals surface area (Å²) in [5, 5.41) is 11.8. The highest BCUT2D eigenvalue weighted by molar-refractivity contribution is 5.76. The van der Waals surface area contributed by atoms with E-state index in [1.165, 1.54) is 0 Å². The van der Waals surface area contributed by atoms with E-state index in [0.717, 1.165) is 44.3 Å². The topological polar surface area (TPSA) is 75.6 Å². The van der Waals surface area contributed by atoms with Crippen molar-refractivity contribution in [1.29, 1.82) is 0 Å². The van der Waals surface area contributed by atoms with Crippen molar-refractivity contribution in [2.24, 2.45) is 0 Å². The van der Waals surface area contributed by atoms with Crippen molar-refractivity contribution in [3.05, 3.63) is 30.3 Å². The molecule has 0 aliphatic carbocycles. The van der Waals surface area contributed by atoms with Gasteiger partial charge in [0.15, 0.2) is 0 Å². The third kappa shape index (κ3) is 11.2. The first-order valence-corrected chi connectivity index (χ1v) is 9.30. The second kappa shape index (κ2) is 13.3. The molecular weight excluding hydrogens is 318 g/mol. The molecule has 0 heterocycles. The van der Waals surface area contributed by atoms with Crippen LogP contribution in [0.5, 0.6) is 5.75 Å². The molecule has 5 heteroatoms. The van der Waals surface area contributed by atoms with Crippen LogP contribution in [0.2, 0.25) is 0 Å². The third-order valence-electron chi connectivity index (χ3n) is 4.04. The number of hydrogen-bond acceptors (Lipinski definition) is 3. The van der Waals surface area contributed by atoms with Crippen LogP contribution in [0, 0.1) is 0 Å². The van der Waals surface area contributed by atoms with Crippen LogP contribution in [0.3, 0.4) is 0 Å². The number of carbonyl (C=O) groups is 2. The zero-order valence-corrected chi connectivity index (χ0v) is 15.2. The molecular formula is C20H31NO4. The monoisotopic (exact) mass is 349 g/mol. The number of unbranched alkanes of at least 4 members (excludes halogenated alkanes) is 3. The molecule has 1 aromatic rings. The Kier molecular flexibility index (Phi) is 11.2. The van der Waals surface area contributed by atoms with Crippen LogP contribution in [-0.2, 0) is 9.59 Å². The molecule has 1 atom stereocenters. The number of hydrogen-bond donors (Lipinski definition) is 2. The van der Waals surface area contributed by atoms with Crippen molar-refractivity contribution in [1.82, 2.24) is 5.32 Å². The normalized spacial score (nSPS) is 11.7. The predicted molar refractivity (Wildman–Crippen MR) is 98.7 cm³/mol. The van der Waals surface area contributed by atoms with Crippen molar-refractivity contribution in [3.63, 3.8) is 0 Å². The van der Waals surface area contributed by atoms with Gasteiger partial charge in [0.1, 0.15) is 5.75 Å². The molecule has 0 radical (unpaired) electrons. The quantitative estimate of drug-likeness (QED) is 0.494. The lowest BCUT2D eigenvalue weighted by atomic mass is 10.0. The Hall–Kier alpha value is -2.04. The fourth-order valence-corrected chi connectivity index (χ4v) is 2.61. The summed E-state index contributed by atoms with van der Waals surface area (Å²) < 4.78 is 5.62.